The number of halogens is 1. The molecule has 1 aliphatic rings. The van der Waals surface area contributed by atoms with Gasteiger partial charge < -0.3 is 10.5 Å². The molecule has 2 atom stereocenters. The first-order valence-corrected chi connectivity index (χ1v) is 6.30. The minimum absolute atomic E-state index is 0.202. The Kier molecular flexibility index (Phi) is 4.00. The van der Waals surface area contributed by atoms with Crippen molar-refractivity contribution in [3.8, 4) is 5.75 Å². The predicted octanol–water partition coefficient (Wildman–Crippen LogP) is 3.21. The number of benzene rings is 1. The van der Waals surface area contributed by atoms with Gasteiger partial charge in [0.2, 0.25) is 0 Å². The Morgan fingerprint density at radius 1 is 1.29 bits per heavy atom. The summed E-state index contributed by atoms with van der Waals surface area (Å²) >= 11 is 0. The van der Waals surface area contributed by atoms with E-state index in [9.17, 15) is 4.39 Å². The van der Waals surface area contributed by atoms with E-state index in [1.807, 2.05) is 12.1 Å². The maximum absolute atomic E-state index is 14.2. The van der Waals surface area contributed by atoms with Crippen molar-refractivity contribution in [3.63, 3.8) is 0 Å². The third-order valence-corrected chi connectivity index (χ3v) is 3.62. The molecule has 94 valence electrons. The maximum Gasteiger partial charge on any atom is 0.168 e. The van der Waals surface area contributed by atoms with Gasteiger partial charge in [0.1, 0.15) is 0 Å². The number of hydrogen-bond acceptors (Lipinski definition) is 2. The molecule has 1 aliphatic carbocycles. The van der Waals surface area contributed by atoms with Crippen molar-refractivity contribution in [1.82, 2.24) is 0 Å². The Morgan fingerprint density at radius 2 is 2.06 bits per heavy atom. The molecule has 0 spiro atoms. The molecule has 0 radical (unpaired) electrons. The Balaban J connectivity index is 2.25. The van der Waals surface area contributed by atoms with Gasteiger partial charge in [0.25, 0.3) is 0 Å². The van der Waals surface area contributed by atoms with Crippen LogP contribution in [-0.4, -0.2) is 13.2 Å². The minimum atomic E-state index is -0.214. The molecule has 2 N–H and O–H groups in total. The van der Waals surface area contributed by atoms with Crippen LogP contribution in [0.15, 0.2) is 18.2 Å². The van der Waals surface area contributed by atoms with E-state index in [2.05, 4.69) is 0 Å². The molecule has 1 aromatic rings. The molecule has 2 nitrogen and oxygen atoms in total. The van der Waals surface area contributed by atoms with Crippen molar-refractivity contribution in [2.45, 2.75) is 44.1 Å². The molecule has 2 unspecified atom stereocenters. The van der Waals surface area contributed by atoms with Gasteiger partial charge in [0.05, 0.1) is 7.11 Å². The minimum Gasteiger partial charge on any atom is -0.494 e. The Hall–Kier alpha value is -1.09. The third-order valence-electron chi connectivity index (χ3n) is 3.62. The summed E-state index contributed by atoms with van der Waals surface area (Å²) in [6, 6.07) is 5.58. The van der Waals surface area contributed by atoms with Crippen LogP contribution in [0.25, 0.3) is 0 Å². The Labute approximate surface area is 102 Å². The van der Waals surface area contributed by atoms with Crippen LogP contribution in [0.1, 0.15) is 43.6 Å². The summed E-state index contributed by atoms with van der Waals surface area (Å²) in [6.45, 7) is 0. The van der Waals surface area contributed by atoms with Crippen LogP contribution in [-0.2, 0) is 0 Å². The van der Waals surface area contributed by atoms with Crippen LogP contribution in [0.3, 0.4) is 0 Å². The molecule has 0 bridgehead atoms. The van der Waals surface area contributed by atoms with E-state index in [1.165, 1.54) is 7.11 Å². The van der Waals surface area contributed by atoms with Crippen LogP contribution in [0.4, 0.5) is 4.39 Å². The van der Waals surface area contributed by atoms with Crippen LogP contribution in [0.5, 0.6) is 5.75 Å². The van der Waals surface area contributed by atoms with E-state index in [-0.39, 0.29) is 17.8 Å². The van der Waals surface area contributed by atoms with Gasteiger partial charge in [-0.25, -0.2) is 4.39 Å². The number of rotatable bonds is 2. The van der Waals surface area contributed by atoms with E-state index < -0.39 is 0 Å². The zero-order chi connectivity index (χ0) is 12.3. The largest absolute Gasteiger partial charge is 0.494 e. The molecule has 2 rings (SSSR count). The first kappa shape index (κ1) is 12.4. The molecular weight excluding hydrogens is 217 g/mol. The fourth-order valence-corrected chi connectivity index (χ4v) is 2.68. The highest BCUT2D eigenvalue weighted by atomic mass is 19.1. The van der Waals surface area contributed by atoms with Gasteiger partial charge in [0, 0.05) is 6.04 Å². The normalized spacial score (nSPS) is 25.4. The first-order chi connectivity index (χ1) is 8.22. The predicted molar refractivity (Wildman–Crippen MR) is 66.8 cm³/mol. The van der Waals surface area contributed by atoms with Gasteiger partial charge >= 0.3 is 0 Å². The lowest BCUT2D eigenvalue weighted by molar-refractivity contribution is 0.380. The molecule has 0 saturated heterocycles. The summed E-state index contributed by atoms with van der Waals surface area (Å²) in [5.74, 6) is 0.358. The topological polar surface area (TPSA) is 35.2 Å². The van der Waals surface area contributed by atoms with Crippen molar-refractivity contribution in [1.29, 1.82) is 0 Å². The van der Waals surface area contributed by atoms with E-state index in [4.69, 9.17) is 10.5 Å². The number of hydrogen-bond donors (Lipinski definition) is 1. The third kappa shape index (κ3) is 2.78. The van der Waals surface area contributed by atoms with Crippen LogP contribution in [0.2, 0.25) is 0 Å². The van der Waals surface area contributed by atoms with Crippen molar-refractivity contribution in [2.75, 3.05) is 7.11 Å². The number of methoxy groups -OCH3 is 1. The van der Waals surface area contributed by atoms with E-state index in [0.717, 1.165) is 37.7 Å². The van der Waals surface area contributed by atoms with Crippen molar-refractivity contribution in [3.05, 3.63) is 29.6 Å². The lowest BCUT2D eigenvalue weighted by Crippen LogP contribution is -2.21. The smallest absolute Gasteiger partial charge is 0.168 e. The van der Waals surface area contributed by atoms with Crippen molar-refractivity contribution in [2.24, 2.45) is 5.73 Å². The van der Waals surface area contributed by atoms with Gasteiger partial charge in [0.15, 0.2) is 11.6 Å². The second kappa shape index (κ2) is 5.50. The van der Waals surface area contributed by atoms with Gasteiger partial charge in [-0.1, -0.05) is 25.0 Å². The second-order valence-corrected chi connectivity index (χ2v) is 4.84. The first-order valence-electron chi connectivity index (χ1n) is 6.30. The monoisotopic (exact) mass is 237 g/mol. The van der Waals surface area contributed by atoms with E-state index >= 15 is 0 Å². The van der Waals surface area contributed by atoms with Crippen LogP contribution in [0, 0.1) is 5.82 Å². The fraction of sp³-hybridized carbons (Fsp3) is 0.571. The maximum atomic E-state index is 14.2. The SMILES string of the molecule is COc1cccc(C2CCCCC(N)C2)c1F. The standard InChI is InChI=1S/C14H20FNO/c1-17-13-8-4-7-12(14(13)15)10-5-2-3-6-11(16)9-10/h4,7-8,10-11H,2-3,5-6,9,16H2,1H3. The Bertz CT molecular complexity index is 380. The summed E-state index contributed by atoms with van der Waals surface area (Å²) in [6.07, 6.45) is 5.25. The summed E-state index contributed by atoms with van der Waals surface area (Å²) in [4.78, 5) is 0. The molecule has 1 fully saturated rings. The van der Waals surface area contributed by atoms with Gasteiger partial charge in [-0.3, -0.25) is 0 Å². The summed E-state index contributed by atoms with van der Waals surface area (Å²) in [7, 11) is 1.50. The summed E-state index contributed by atoms with van der Waals surface area (Å²) in [5, 5.41) is 0. The van der Waals surface area contributed by atoms with E-state index in [0.29, 0.717) is 5.75 Å². The summed E-state index contributed by atoms with van der Waals surface area (Å²) < 4.78 is 19.2. The zero-order valence-corrected chi connectivity index (χ0v) is 10.3. The molecular formula is C14H20FNO. The molecule has 0 aromatic heterocycles. The molecule has 1 aromatic carbocycles. The Morgan fingerprint density at radius 3 is 2.82 bits per heavy atom. The summed E-state index contributed by atoms with van der Waals surface area (Å²) in [5.41, 5.74) is 6.79. The molecule has 17 heavy (non-hydrogen) atoms. The van der Waals surface area contributed by atoms with Gasteiger partial charge in [-0.15, -0.1) is 0 Å². The second-order valence-electron chi connectivity index (χ2n) is 4.84. The van der Waals surface area contributed by atoms with Crippen molar-refractivity contribution < 1.29 is 9.13 Å². The average Bonchev–Trinajstić information content (AvgIpc) is 2.54. The van der Waals surface area contributed by atoms with Crippen LogP contribution >= 0.6 is 0 Å². The van der Waals surface area contributed by atoms with Crippen molar-refractivity contribution >= 4 is 0 Å². The molecule has 0 amide bonds. The highest BCUT2D eigenvalue weighted by molar-refractivity contribution is 5.33. The lowest BCUT2D eigenvalue weighted by atomic mass is 9.90. The zero-order valence-electron chi connectivity index (χ0n) is 10.3. The van der Waals surface area contributed by atoms with E-state index in [1.54, 1.807) is 6.07 Å². The lowest BCUT2D eigenvalue weighted by Gasteiger charge is -2.19. The highest BCUT2D eigenvalue weighted by Gasteiger charge is 2.22. The number of nitrogens with two attached hydrogens (primary N) is 1. The molecule has 1 saturated carbocycles. The number of ether oxygens (including phenoxy) is 1. The highest BCUT2D eigenvalue weighted by Crippen LogP contribution is 2.35. The van der Waals surface area contributed by atoms with Crippen LogP contribution < -0.4 is 10.5 Å². The molecule has 3 heteroatoms. The van der Waals surface area contributed by atoms with Gasteiger partial charge in [-0.05, 0) is 36.8 Å². The fourth-order valence-electron chi connectivity index (χ4n) is 2.68. The quantitative estimate of drug-likeness (QED) is 0.802. The van der Waals surface area contributed by atoms with Gasteiger partial charge in [-0.2, -0.15) is 0 Å². The average molecular weight is 237 g/mol. The molecule has 0 heterocycles. The molecule has 0 aliphatic heterocycles.